The molecule has 2 saturated heterocycles. The van der Waals surface area contributed by atoms with Gasteiger partial charge in [-0.05, 0) is 62.9 Å². The molecule has 15 heteroatoms. The molecule has 0 radical (unpaired) electrons. The normalized spacial score (nSPS) is 18.9. The van der Waals surface area contributed by atoms with E-state index in [-0.39, 0.29) is 24.3 Å². The van der Waals surface area contributed by atoms with E-state index in [1.165, 1.54) is 6.20 Å². The van der Waals surface area contributed by atoms with Crippen molar-refractivity contribution in [3.63, 3.8) is 0 Å². The maximum atomic E-state index is 13.2. The zero-order valence-corrected chi connectivity index (χ0v) is 32.7. The summed E-state index contributed by atoms with van der Waals surface area (Å²) in [6, 6.07) is 13.0. The van der Waals surface area contributed by atoms with E-state index in [1.807, 2.05) is 49.4 Å². The summed E-state index contributed by atoms with van der Waals surface area (Å²) in [7, 11) is 0. The van der Waals surface area contributed by atoms with Gasteiger partial charge in [-0.15, -0.1) is 21.5 Å². The number of hydrogen-bond donors (Lipinski definition) is 3. The lowest BCUT2D eigenvalue weighted by atomic mass is 10.00. The zero-order valence-electron chi connectivity index (χ0n) is 31.1. The van der Waals surface area contributed by atoms with Crippen molar-refractivity contribution in [2.45, 2.75) is 64.7 Å². The highest BCUT2D eigenvalue weighted by atomic mass is 35.5. The molecule has 286 valence electrons. The second-order valence-corrected chi connectivity index (χ2v) is 15.7. The Morgan fingerprint density at radius 2 is 1.91 bits per heavy atom. The van der Waals surface area contributed by atoms with E-state index in [0.29, 0.717) is 42.2 Å². The maximum absolute atomic E-state index is 13.2. The van der Waals surface area contributed by atoms with Gasteiger partial charge in [0.05, 0.1) is 22.7 Å². The molecule has 2 aromatic heterocycles. The summed E-state index contributed by atoms with van der Waals surface area (Å²) in [6.45, 7) is 8.04. The van der Waals surface area contributed by atoms with E-state index in [4.69, 9.17) is 22.3 Å². The number of benzene rings is 2. The number of nitrogens with one attached hydrogen (secondary N) is 2. The first kappa shape index (κ1) is 37.3. The van der Waals surface area contributed by atoms with Crippen molar-refractivity contribution in [2.24, 2.45) is 15.7 Å². The average molecular weight is 789 g/mol. The summed E-state index contributed by atoms with van der Waals surface area (Å²) in [5.74, 6) is 7.30. The largest absolute Gasteiger partial charge is 0.404 e. The standard InChI is InChI=1S/C41H41ClN10O3S/c1-24-34(56-41-37(24)38(27-7-9-28(42)10-8-27)45-22-35-49-48-25(2)52(35)41)12-6-26(20-43)21-44-16-19-50-17-14-29(15-18-50)46-32-5-3-4-30-31(32)23-51(40(30)55)33-11-13-36(53)47-39(33)54/h3-5,7-10,20-21,29,33,46H,11,13-19,22-23,43H2,1-2H3,(H,47,53,54). The first-order chi connectivity index (χ1) is 27.2. The number of aliphatic imine (C=N–C) groups is 2. The number of nitrogens with two attached hydrogens (primary N) is 1. The average Bonchev–Trinajstić information content (AvgIpc) is 3.80. The van der Waals surface area contributed by atoms with Gasteiger partial charge in [0.25, 0.3) is 5.91 Å². The molecule has 3 amide bonds. The van der Waals surface area contributed by atoms with Gasteiger partial charge in [0.2, 0.25) is 11.8 Å². The molecule has 8 rings (SSSR count). The number of nitrogens with zero attached hydrogens (tertiary/aromatic N) is 7. The highest BCUT2D eigenvalue weighted by Gasteiger charge is 2.40. The van der Waals surface area contributed by atoms with Crippen LogP contribution in [0.3, 0.4) is 0 Å². The van der Waals surface area contributed by atoms with Gasteiger partial charge in [0.15, 0.2) is 5.82 Å². The minimum atomic E-state index is -0.630. The third kappa shape index (κ3) is 7.37. The van der Waals surface area contributed by atoms with Crippen LogP contribution in [0.5, 0.6) is 0 Å². The Morgan fingerprint density at radius 1 is 1.11 bits per heavy atom. The van der Waals surface area contributed by atoms with Crippen molar-refractivity contribution >= 4 is 58.3 Å². The topological polar surface area (TPSA) is 163 Å². The van der Waals surface area contributed by atoms with E-state index in [9.17, 15) is 14.4 Å². The summed E-state index contributed by atoms with van der Waals surface area (Å²) >= 11 is 7.79. The third-order valence-electron chi connectivity index (χ3n) is 10.8. The van der Waals surface area contributed by atoms with Gasteiger partial charge in [0.1, 0.15) is 23.4 Å². The van der Waals surface area contributed by atoms with Gasteiger partial charge in [-0.25, -0.2) is 0 Å². The SMILES string of the molecule is Cc1c(C#CC(C=NCCN2CCC(Nc3cccc4c3CN(C3CCC(=O)NC3=O)C4=O)CC2)=CN)sc2c1C(c1ccc(Cl)cc1)=NCc1nnc(C)n1-2. The molecule has 0 spiro atoms. The molecular formula is C41H41ClN10O3S. The number of carbonyl (C=O) groups excluding carboxylic acids is 3. The van der Waals surface area contributed by atoms with Crippen LogP contribution in [0.25, 0.3) is 5.00 Å². The number of fused-ring (bicyclic) bond motifs is 4. The number of aryl methyl sites for hydroxylation is 1. The molecule has 56 heavy (non-hydrogen) atoms. The van der Waals surface area contributed by atoms with E-state index in [2.05, 4.69) is 54.1 Å². The van der Waals surface area contributed by atoms with E-state index >= 15 is 0 Å². The van der Waals surface area contributed by atoms with Crippen LogP contribution in [0.2, 0.25) is 5.02 Å². The molecule has 2 fully saturated rings. The number of likely N-dealkylation sites (tertiary alicyclic amines) is 1. The van der Waals surface area contributed by atoms with Crippen molar-refractivity contribution in [1.29, 1.82) is 0 Å². The predicted octanol–water partition coefficient (Wildman–Crippen LogP) is 4.55. The molecular weight excluding hydrogens is 748 g/mol. The lowest BCUT2D eigenvalue weighted by molar-refractivity contribution is -0.136. The van der Waals surface area contributed by atoms with E-state index < -0.39 is 11.9 Å². The van der Waals surface area contributed by atoms with Crippen LogP contribution in [0.1, 0.15) is 74.8 Å². The van der Waals surface area contributed by atoms with Crippen LogP contribution in [0.15, 0.2) is 64.2 Å². The predicted molar refractivity (Wildman–Crippen MR) is 218 cm³/mol. The van der Waals surface area contributed by atoms with Crippen molar-refractivity contribution in [1.82, 2.24) is 29.9 Å². The molecule has 1 atom stereocenters. The summed E-state index contributed by atoms with van der Waals surface area (Å²) in [5, 5.41) is 16.4. The molecule has 4 aliphatic heterocycles. The maximum Gasteiger partial charge on any atom is 0.255 e. The Labute approximate surface area is 333 Å². The lowest BCUT2D eigenvalue weighted by Gasteiger charge is -2.33. The van der Waals surface area contributed by atoms with Crippen LogP contribution in [0, 0.1) is 25.7 Å². The lowest BCUT2D eigenvalue weighted by Crippen LogP contribution is -2.52. The Morgan fingerprint density at radius 3 is 2.68 bits per heavy atom. The van der Waals surface area contributed by atoms with Crippen molar-refractivity contribution < 1.29 is 14.4 Å². The number of halogens is 1. The van der Waals surface area contributed by atoms with Crippen molar-refractivity contribution in [3.8, 4) is 16.8 Å². The summed E-state index contributed by atoms with van der Waals surface area (Å²) in [4.78, 5) is 51.9. The van der Waals surface area contributed by atoms with Gasteiger partial charge in [0, 0.05) is 84.0 Å². The molecule has 0 saturated carbocycles. The third-order valence-corrected chi connectivity index (χ3v) is 12.2. The van der Waals surface area contributed by atoms with Crippen molar-refractivity contribution in [3.05, 3.63) is 104 Å². The molecule has 0 bridgehead atoms. The highest BCUT2D eigenvalue weighted by Crippen LogP contribution is 2.37. The number of imide groups is 1. The van der Waals surface area contributed by atoms with Crippen LogP contribution in [-0.2, 0) is 22.7 Å². The molecule has 6 heterocycles. The number of carbonyl (C=O) groups is 3. The second kappa shape index (κ2) is 15.9. The molecule has 1 unspecified atom stereocenters. The van der Waals surface area contributed by atoms with Crippen LogP contribution < -0.4 is 16.4 Å². The number of allylic oxidation sites excluding steroid dienone is 1. The smallest absolute Gasteiger partial charge is 0.255 e. The highest BCUT2D eigenvalue weighted by molar-refractivity contribution is 7.15. The zero-order chi connectivity index (χ0) is 38.9. The molecule has 4 N–H and O–H groups in total. The van der Waals surface area contributed by atoms with E-state index in [1.54, 1.807) is 22.5 Å². The number of thiophene rings is 1. The summed E-state index contributed by atoms with van der Waals surface area (Å²) in [6.07, 6.45) is 5.71. The van der Waals surface area contributed by atoms with Crippen LogP contribution in [-0.4, -0.2) is 92.5 Å². The molecule has 0 aliphatic carbocycles. The number of rotatable bonds is 8. The summed E-state index contributed by atoms with van der Waals surface area (Å²) < 4.78 is 2.07. The Bertz CT molecular complexity index is 2380. The monoisotopic (exact) mass is 788 g/mol. The summed E-state index contributed by atoms with van der Waals surface area (Å²) in [5.41, 5.74) is 13.0. The number of amides is 3. The van der Waals surface area contributed by atoms with Gasteiger partial charge >= 0.3 is 0 Å². The Balaban J connectivity index is 0.869. The molecule has 13 nitrogen and oxygen atoms in total. The molecule has 4 aromatic rings. The number of aromatic nitrogens is 3. The van der Waals surface area contributed by atoms with Gasteiger partial charge in [-0.1, -0.05) is 41.6 Å². The first-order valence-corrected chi connectivity index (χ1v) is 19.9. The second-order valence-electron chi connectivity index (χ2n) is 14.3. The minimum Gasteiger partial charge on any atom is -0.404 e. The van der Waals surface area contributed by atoms with Crippen molar-refractivity contribution in [2.75, 3.05) is 31.5 Å². The Kier molecular flexibility index (Phi) is 10.6. The number of anilines is 1. The van der Waals surface area contributed by atoms with Crippen LogP contribution in [0.4, 0.5) is 5.69 Å². The van der Waals surface area contributed by atoms with Gasteiger partial charge < -0.3 is 20.9 Å². The first-order valence-electron chi connectivity index (χ1n) is 18.7. The molecule has 4 aliphatic rings. The fourth-order valence-electron chi connectivity index (χ4n) is 7.75. The fourth-order valence-corrected chi connectivity index (χ4v) is 9.11. The fraction of sp³-hybridized carbons (Fsp3) is 0.341. The van der Waals surface area contributed by atoms with Gasteiger partial charge in [-0.2, -0.15) is 0 Å². The minimum absolute atomic E-state index is 0.164. The van der Waals surface area contributed by atoms with E-state index in [0.717, 1.165) is 87.7 Å². The number of piperidine rings is 2. The Hall–Kier alpha value is -5.62. The quantitative estimate of drug-likeness (QED) is 0.133. The van der Waals surface area contributed by atoms with Crippen LogP contribution >= 0.6 is 22.9 Å². The molecule has 2 aromatic carbocycles. The number of hydrogen-bond acceptors (Lipinski definition) is 11. The van der Waals surface area contributed by atoms with Gasteiger partial charge in [-0.3, -0.25) is 34.3 Å².